The van der Waals surface area contributed by atoms with Gasteiger partial charge in [-0.25, -0.2) is 9.67 Å². The van der Waals surface area contributed by atoms with Gasteiger partial charge in [-0.2, -0.15) is 0 Å². The largest absolute Gasteiger partial charge is 0.338 e. The lowest BCUT2D eigenvalue weighted by Crippen LogP contribution is -2.42. The second-order valence-corrected chi connectivity index (χ2v) is 4.77. The van der Waals surface area contributed by atoms with E-state index < -0.39 is 0 Å². The molecule has 1 atom stereocenters. The maximum absolute atomic E-state index is 12.1. The van der Waals surface area contributed by atoms with Crippen LogP contribution >= 0.6 is 0 Å². The van der Waals surface area contributed by atoms with Gasteiger partial charge < -0.3 is 4.90 Å². The first kappa shape index (κ1) is 11.2. The van der Waals surface area contributed by atoms with Gasteiger partial charge in [0.1, 0.15) is 11.9 Å². The Bertz CT molecular complexity index is 784. The number of aromatic nitrogens is 3. The predicted molar refractivity (Wildman–Crippen MR) is 77.3 cm³/mol. The third kappa shape index (κ3) is 1.53. The highest BCUT2D eigenvalue weighted by atomic mass is 16.1. The molecule has 1 aliphatic carbocycles. The fourth-order valence-corrected chi connectivity index (χ4v) is 2.68. The van der Waals surface area contributed by atoms with Gasteiger partial charge in [-0.1, -0.05) is 18.2 Å². The second-order valence-electron chi connectivity index (χ2n) is 4.77. The average Bonchev–Trinajstić information content (AvgIpc) is 2.86. The molecule has 0 N–H and O–H groups in total. The summed E-state index contributed by atoms with van der Waals surface area (Å²) in [5.41, 5.74) is 0.696. The lowest BCUT2D eigenvalue weighted by Gasteiger charge is -2.32. The van der Waals surface area contributed by atoms with E-state index in [1.807, 2.05) is 36.6 Å². The molecule has 0 spiro atoms. The van der Waals surface area contributed by atoms with E-state index in [1.165, 1.54) is 0 Å². The molecule has 0 aromatic carbocycles. The number of rotatable bonds is 1. The number of nitrogens with zero attached hydrogens (tertiary/aromatic N) is 4. The van der Waals surface area contributed by atoms with Crippen molar-refractivity contribution in [3.8, 4) is 0 Å². The van der Waals surface area contributed by atoms with E-state index in [1.54, 1.807) is 23.0 Å². The van der Waals surface area contributed by atoms with E-state index in [9.17, 15) is 4.79 Å². The maximum Gasteiger partial charge on any atom is 0.183 e. The van der Waals surface area contributed by atoms with E-state index in [2.05, 4.69) is 15.0 Å². The van der Waals surface area contributed by atoms with Crippen LogP contribution < -0.4 is 4.90 Å². The van der Waals surface area contributed by atoms with Crippen LogP contribution in [0, 0.1) is 0 Å². The number of hydrogen-bond donors (Lipinski definition) is 0. The Labute approximate surface area is 115 Å². The Morgan fingerprint density at radius 2 is 2.25 bits per heavy atom. The topological polar surface area (TPSA) is 51.0 Å². The molecule has 2 aliphatic rings. The first-order valence-electron chi connectivity index (χ1n) is 6.50. The molecule has 3 heterocycles. The molecular formula is C15H12N4O. The quantitative estimate of drug-likeness (QED) is 0.788. The van der Waals surface area contributed by atoms with Gasteiger partial charge in [0.05, 0.1) is 5.39 Å². The Kier molecular flexibility index (Phi) is 2.32. The first-order valence-corrected chi connectivity index (χ1v) is 6.50. The van der Waals surface area contributed by atoms with E-state index in [4.69, 9.17) is 0 Å². The number of allylic oxidation sites excluding steroid dienone is 2. The molecule has 1 unspecified atom stereocenters. The summed E-state index contributed by atoms with van der Waals surface area (Å²) in [6.07, 6.45) is 12.9. The van der Waals surface area contributed by atoms with E-state index >= 15 is 0 Å². The molecule has 2 aromatic rings. The highest BCUT2D eigenvalue weighted by Gasteiger charge is 2.28. The lowest BCUT2D eigenvalue weighted by atomic mass is 10.0. The molecule has 5 heteroatoms. The van der Waals surface area contributed by atoms with Crippen molar-refractivity contribution in [1.82, 2.24) is 14.8 Å². The van der Waals surface area contributed by atoms with Gasteiger partial charge in [0.25, 0.3) is 0 Å². The van der Waals surface area contributed by atoms with Crippen LogP contribution in [0.15, 0.2) is 48.7 Å². The van der Waals surface area contributed by atoms with E-state index in [-0.39, 0.29) is 11.8 Å². The number of pyridine rings is 1. The summed E-state index contributed by atoms with van der Waals surface area (Å²) in [6.45, 7) is 0.685. The molecule has 0 bridgehead atoms. The minimum atomic E-state index is -0.274. The zero-order chi connectivity index (χ0) is 13.5. The lowest BCUT2D eigenvalue weighted by molar-refractivity contribution is -0.115. The van der Waals surface area contributed by atoms with Crippen LogP contribution in [-0.4, -0.2) is 33.1 Å². The standard InChI is InChI=1S/C15H12N4O/c20-13-7-2-1-6-12(13)18-9-4-10-19-15(18)11-5-3-8-16-14(11)17-19/h1-8,10,12H,9H2. The highest BCUT2D eigenvalue weighted by Crippen LogP contribution is 2.30. The molecule has 0 fully saturated rings. The number of hydrogen-bond acceptors (Lipinski definition) is 4. The summed E-state index contributed by atoms with van der Waals surface area (Å²) < 4.78 is 1.79. The zero-order valence-corrected chi connectivity index (χ0v) is 10.7. The summed E-state index contributed by atoms with van der Waals surface area (Å²) >= 11 is 0. The molecule has 0 saturated heterocycles. The molecule has 20 heavy (non-hydrogen) atoms. The summed E-state index contributed by atoms with van der Waals surface area (Å²) in [5.74, 6) is 1.02. The molecule has 98 valence electrons. The van der Waals surface area contributed by atoms with Crippen molar-refractivity contribution in [1.29, 1.82) is 0 Å². The molecule has 0 saturated carbocycles. The Morgan fingerprint density at radius 3 is 3.15 bits per heavy atom. The monoisotopic (exact) mass is 264 g/mol. The summed E-state index contributed by atoms with van der Waals surface area (Å²) in [7, 11) is 0. The van der Waals surface area contributed by atoms with Crippen molar-refractivity contribution in [2.75, 3.05) is 11.4 Å². The smallest absolute Gasteiger partial charge is 0.183 e. The predicted octanol–water partition coefficient (Wildman–Crippen LogP) is 1.79. The molecule has 5 nitrogen and oxygen atoms in total. The summed E-state index contributed by atoms with van der Waals surface area (Å²) in [4.78, 5) is 18.4. The molecule has 2 aromatic heterocycles. The zero-order valence-electron chi connectivity index (χ0n) is 10.7. The number of fused-ring (bicyclic) bond motifs is 3. The van der Waals surface area contributed by atoms with Crippen LogP contribution in [0.2, 0.25) is 0 Å². The van der Waals surface area contributed by atoms with Gasteiger partial charge in [0, 0.05) is 18.9 Å². The number of carbonyl (C=O) groups is 1. The number of ketones is 1. The van der Waals surface area contributed by atoms with Crippen molar-refractivity contribution in [3.05, 3.63) is 48.7 Å². The summed E-state index contributed by atoms with van der Waals surface area (Å²) in [6, 6.07) is 3.60. The van der Waals surface area contributed by atoms with E-state index in [0.29, 0.717) is 12.2 Å². The summed E-state index contributed by atoms with van der Waals surface area (Å²) in [5, 5.41) is 5.41. The Hall–Kier alpha value is -2.69. The van der Waals surface area contributed by atoms with Gasteiger partial charge in [-0.3, -0.25) is 4.79 Å². The van der Waals surface area contributed by atoms with Gasteiger partial charge in [-0.15, -0.1) is 5.10 Å². The van der Waals surface area contributed by atoms with Crippen LogP contribution in [-0.2, 0) is 4.79 Å². The van der Waals surface area contributed by atoms with Gasteiger partial charge in [0.2, 0.25) is 0 Å². The van der Waals surface area contributed by atoms with Crippen molar-refractivity contribution in [2.45, 2.75) is 6.04 Å². The maximum atomic E-state index is 12.1. The van der Waals surface area contributed by atoms with Crippen molar-refractivity contribution in [3.63, 3.8) is 0 Å². The van der Waals surface area contributed by atoms with Crippen molar-refractivity contribution >= 4 is 28.8 Å². The third-order valence-corrected chi connectivity index (χ3v) is 3.56. The van der Waals surface area contributed by atoms with Crippen LogP contribution in [0.5, 0.6) is 0 Å². The second kappa shape index (κ2) is 4.16. The minimum Gasteiger partial charge on any atom is -0.338 e. The molecule has 0 radical (unpaired) electrons. The van der Waals surface area contributed by atoms with Gasteiger partial charge in [0.15, 0.2) is 11.4 Å². The molecular weight excluding hydrogens is 252 g/mol. The molecule has 1 aliphatic heterocycles. The van der Waals surface area contributed by atoms with Gasteiger partial charge in [-0.05, 0) is 24.3 Å². The fourth-order valence-electron chi connectivity index (χ4n) is 2.68. The number of carbonyl (C=O) groups excluding carboxylic acids is 1. The van der Waals surface area contributed by atoms with E-state index in [0.717, 1.165) is 11.2 Å². The normalized spacial score (nSPS) is 20.7. The SMILES string of the molecule is O=C1C=CC=CC1N1CC=Cn2nc3ncccc3c21. The van der Waals surface area contributed by atoms with Crippen LogP contribution in [0.25, 0.3) is 17.2 Å². The molecule has 4 rings (SSSR count). The first-order chi connectivity index (χ1) is 9.84. The average molecular weight is 264 g/mol. The van der Waals surface area contributed by atoms with Crippen molar-refractivity contribution < 1.29 is 4.79 Å². The Morgan fingerprint density at radius 1 is 1.30 bits per heavy atom. The van der Waals surface area contributed by atoms with Crippen LogP contribution in [0.4, 0.5) is 5.82 Å². The minimum absolute atomic E-state index is 0.0904. The third-order valence-electron chi connectivity index (χ3n) is 3.56. The fraction of sp³-hybridized carbons (Fsp3) is 0.133. The Balaban J connectivity index is 1.89. The van der Waals surface area contributed by atoms with Crippen LogP contribution in [0.1, 0.15) is 0 Å². The highest BCUT2D eigenvalue weighted by molar-refractivity contribution is 6.01. The van der Waals surface area contributed by atoms with Crippen molar-refractivity contribution in [2.24, 2.45) is 0 Å². The van der Waals surface area contributed by atoms with Gasteiger partial charge >= 0.3 is 0 Å². The van der Waals surface area contributed by atoms with Crippen LogP contribution in [0.3, 0.4) is 0 Å². The molecule has 0 amide bonds. The number of anilines is 1.